The first-order valence-corrected chi connectivity index (χ1v) is 7.13. The Balaban J connectivity index is 2.23. The molecule has 1 aromatic heterocycles. The number of carbonyl (C=O) groups excluding carboxylic acids is 3. The second kappa shape index (κ2) is 6.61. The first-order chi connectivity index (χ1) is 11.2. The lowest BCUT2D eigenvalue weighted by molar-refractivity contribution is -0.114. The van der Waals surface area contributed by atoms with Gasteiger partial charge >= 0.3 is 0 Å². The Bertz CT molecular complexity index is 842. The van der Waals surface area contributed by atoms with Crippen LogP contribution in [0.1, 0.15) is 28.7 Å². The number of aryl methyl sites for hydroxylation is 2. The Morgan fingerprint density at radius 1 is 1.17 bits per heavy atom. The molecule has 0 aliphatic rings. The van der Waals surface area contributed by atoms with E-state index in [0.717, 1.165) is 6.07 Å². The van der Waals surface area contributed by atoms with Crippen LogP contribution < -0.4 is 10.6 Å². The summed E-state index contributed by atoms with van der Waals surface area (Å²) in [7, 11) is 1.68. The van der Waals surface area contributed by atoms with Crippen molar-refractivity contribution in [3.63, 3.8) is 0 Å². The van der Waals surface area contributed by atoms with E-state index in [9.17, 15) is 18.8 Å². The van der Waals surface area contributed by atoms with Gasteiger partial charge in [-0.05, 0) is 32.0 Å². The van der Waals surface area contributed by atoms with Gasteiger partial charge in [0.15, 0.2) is 0 Å². The van der Waals surface area contributed by atoms with E-state index >= 15 is 0 Å². The van der Waals surface area contributed by atoms with E-state index in [1.165, 1.54) is 23.7 Å². The number of benzene rings is 1. The Morgan fingerprint density at radius 3 is 2.38 bits per heavy atom. The average molecular weight is 332 g/mol. The van der Waals surface area contributed by atoms with Crippen molar-refractivity contribution < 1.29 is 18.8 Å². The summed E-state index contributed by atoms with van der Waals surface area (Å²) >= 11 is 0. The number of nitrogens with zero attached hydrogens (tertiary/aromatic N) is 2. The maximum absolute atomic E-state index is 13.6. The highest BCUT2D eigenvalue weighted by Gasteiger charge is 2.24. The maximum atomic E-state index is 13.6. The zero-order valence-corrected chi connectivity index (χ0v) is 13.7. The summed E-state index contributed by atoms with van der Waals surface area (Å²) in [6, 6.07) is 3.63. The molecule has 2 rings (SSSR count). The molecule has 8 heteroatoms. The lowest BCUT2D eigenvalue weighted by atomic mass is 10.1. The third-order valence-electron chi connectivity index (χ3n) is 3.48. The molecular weight excluding hydrogens is 315 g/mol. The van der Waals surface area contributed by atoms with Crippen LogP contribution in [0.4, 0.5) is 15.8 Å². The molecular formula is C16H17FN4O3. The summed E-state index contributed by atoms with van der Waals surface area (Å²) in [5.41, 5.74) is 1.37. The van der Waals surface area contributed by atoms with E-state index in [1.54, 1.807) is 20.9 Å². The third kappa shape index (κ3) is 3.48. The van der Waals surface area contributed by atoms with Crippen LogP contribution in [0.15, 0.2) is 18.2 Å². The zero-order valence-electron chi connectivity index (χ0n) is 13.7. The Morgan fingerprint density at radius 2 is 1.83 bits per heavy atom. The van der Waals surface area contributed by atoms with Gasteiger partial charge in [-0.15, -0.1) is 0 Å². The van der Waals surface area contributed by atoms with Crippen LogP contribution >= 0.6 is 0 Å². The number of halogens is 1. The molecule has 2 amide bonds. The van der Waals surface area contributed by atoms with Crippen molar-refractivity contribution in [2.45, 2.75) is 20.8 Å². The number of carbonyl (C=O) groups is 3. The van der Waals surface area contributed by atoms with E-state index in [-0.39, 0.29) is 16.9 Å². The Kier molecular flexibility index (Phi) is 4.77. The number of rotatable bonds is 4. The lowest BCUT2D eigenvalue weighted by Crippen LogP contribution is -2.24. The number of hydrogen-bond acceptors (Lipinski definition) is 4. The standard InChI is InChI=1S/C16H17FN4O3/c1-8-14(9(2)21(4)20-8)15(23)16(24)19-11-5-6-12(17)13(7-11)18-10(3)22/h5-7H,1-4H3,(H,18,22)(H,19,24). The third-order valence-corrected chi connectivity index (χ3v) is 3.48. The monoisotopic (exact) mass is 332 g/mol. The normalized spacial score (nSPS) is 10.4. The molecule has 0 spiro atoms. The van der Waals surface area contributed by atoms with Crippen molar-refractivity contribution in [3.05, 3.63) is 41.0 Å². The second-order valence-electron chi connectivity index (χ2n) is 5.33. The fourth-order valence-corrected chi connectivity index (χ4v) is 2.29. The van der Waals surface area contributed by atoms with Gasteiger partial charge in [0, 0.05) is 25.4 Å². The van der Waals surface area contributed by atoms with Crippen molar-refractivity contribution >= 4 is 29.0 Å². The molecule has 1 aromatic carbocycles. The van der Waals surface area contributed by atoms with E-state index in [0.29, 0.717) is 11.4 Å². The lowest BCUT2D eigenvalue weighted by Gasteiger charge is -2.08. The summed E-state index contributed by atoms with van der Waals surface area (Å²) in [4.78, 5) is 35.5. The van der Waals surface area contributed by atoms with Crippen LogP contribution in [0.5, 0.6) is 0 Å². The van der Waals surface area contributed by atoms with Crippen molar-refractivity contribution in [2.75, 3.05) is 10.6 Å². The van der Waals surface area contributed by atoms with Crippen molar-refractivity contribution in [3.8, 4) is 0 Å². The summed E-state index contributed by atoms with van der Waals surface area (Å²) < 4.78 is 15.1. The van der Waals surface area contributed by atoms with E-state index in [2.05, 4.69) is 15.7 Å². The van der Waals surface area contributed by atoms with Crippen LogP contribution in [0.3, 0.4) is 0 Å². The summed E-state index contributed by atoms with van der Waals surface area (Å²) in [5.74, 6) is -2.69. The van der Waals surface area contributed by atoms with Crippen LogP contribution in [0.25, 0.3) is 0 Å². The van der Waals surface area contributed by atoms with Crippen LogP contribution in [0.2, 0.25) is 0 Å². The molecule has 0 atom stereocenters. The minimum Gasteiger partial charge on any atom is -0.324 e. The quantitative estimate of drug-likeness (QED) is 0.661. The molecule has 7 nitrogen and oxygen atoms in total. The van der Waals surface area contributed by atoms with Gasteiger partial charge in [-0.1, -0.05) is 0 Å². The molecule has 0 saturated heterocycles. The minimum atomic E-state index is -0.866. The number of ketones is 1. The topological polar surface area (TPSA) is 93.1 Å². The predicted molar refractivity (Wildman–Crippen MR) is 86.3 cm³/mol. The number of Topliss-reactive ketones (excluding diaryl/α,β-unsaturated/α-hetero) is 1. The zero-order chi connectivity index (χ0) is 18.0. The van der Waals surface area contributed by atoms with Gasteiger partial charge in [0.25, 0.3) is 11.7 Å². The number of nitrogens with one attached hydrogen (secondary N) is 2. The van der Waals surface area contributed by atoms with Gasteiger partial charge in [0.05, 0.1) is 16.9 Å². The molecule has 1 heterocycles. The first-order valence-electron chi connectivity index (χ1n) is 7.13. The molecule has 0 saturated carbocycles. The molecule has 0 aliphatic heterocycles. The maximum Gasteiger partial charge on any atom is 0.296 e. The molecule has 0 fully saturated rings. The predicted octanol–water partition coefficient (Wildman–Crippen LogP) is 1.96. The number of amides is 2. The van der Waals surface area contributed by atoms with Gasteiger partial charge in [-0.2, -0.15) is 5.10 Å². The number of hydrogen-bond donors (Lipinski definition) is 2. The highest BCUT2D eigenvalue weighted by molar-refractivity contribution is 6.47. The molecule has 126 valence electrons. The van der Waals surface area contributed by atoms with E-state index < -0.39 is 23.4 Å². The molecule has 0 bridgehead atoms. The fraction of sp³-hybridized carbons (Fsp3) is 0.250. The summed E-state index contributed by atoms with van der Waals surface area (Å²) in [6.45, 7) is 4.57. The van der Waals surface area contributed by atoms with Gasteiger partial charge < -0.3 is 10.6 Å². The molecule has 0 aliphatic carbocycles. The van der Waals surface area contributed by atoms with Gasteiger partial charge in [0.1, 0.15) is 5.82 Å². The van der Waals surface area contributed by atoms with Crippen LogP contribution in [-0.2, 0) is 16.6 Å². The Labute approximate surface area is 137 Å². The first kappa shape index (κ1) is 17.3. The average Bonchev–Trinajstić information content (AvgIpc) is 2.74. The molecule has 0 radical (unpaired) electrons. The summed E-state index contributed by atoms with van der Waals surface area (Å²) in [5, 5.41) is 8.81. The largest absolute Gasteiger partial charge is 0.324 e. The number of aromatic nitrogens is 2. The fourth-order valence-electron chi connectivity index (χ4n) is 2.29. The van der Waals surface area contributed by atoms with Gasteiger partial charge in [-0.25, -0.2) is 4.39 Å². The van der Waals surface area contributed by atoms with Crippen molar-refractivity contribution in [2.24, 2.45) is 7.05 Å². The Hall–Kier alpha value is -3.03. The van der Waals surface area contributed by atoms with Crippen molar-refractivity contribution in [1.82, 2.24) is 9.78 Å². The van der Waals surface area contributed by atoms with Crippen LogP contribution in [0, 0.1) is 19.7 Å². The van der Waals surface area contributed by atoms with Gasteiger partial charge in [-0.3, -0.25) is 19.1 Å². The van der Waals surface area contributed by atoms with E-state index in [4.69, 9.17) is 0 Å². The highest BCUT2D eigenvalue weighted by atomic mass is 19.1. The number of anilines is 2. The van der Waals surface area contributed by atoms with Gasteiger partial charge in [0.2, 0.25) is 5.91 Å². The molecule has 2 N–H and O–H groups in total. The highest BCUT2D eigenvalue weighted by Crippen LogP contribution is 2.20. The summed E-state index contributed by atoms with van der Waals surface area (Å²) in [6.07, 6.45) is 0. The minimum absolute atomic E-state index is 0.0820. The molecule has 2 aromatic rings. The van der Waals surface area contributed by atoms with Crippen molar-refractivity contribution in [1.29, 1.82) is 0 Å². The SMILES string of the molecule is CC(=O)Nc1cc(NC(=O)C(=O)c2c(C)nn(C)c2C)ccc1F. The second-order valence-corrected chi connectivity index (χ2v) is 5.33. The van der Waals surface area contributed by atoms with Crippen LogP contribution in [-0.4, -0.2) is 27.4 Å². The van der Waals surface area contributed by atoms with E-state index in [1.807, 2.05) is 0 Å². The molecule has 0 unspecified atom stereocenters. The smallest absolute Gasteiger partial charge is 0.296 e. The molecule has 24 heavy (non-hydrogen) atoms.